The van der Waals surface area contributed by atoms with Crippen LogP contribution < -0.4 is 59.1 Å². The molecule has 0 fully saturated rings. The fraction of sp³-hybridized carbons (Fsp3) is 0. The predicted molar refractivity (Wildman–Crippen MR) is 84.4 cm³/mol. The third kappa shape index (κ3) is 9.00. The van der Waals surface area contributed by atoms with E-state index < -0.39 is 34.7 Å². The van der Waals surface area contributed by atoms with Gasteiger partial charge in [-0.25, -0.2) is 9.59 Å². The van der Waals surface area contributed by atoms with Crippen molar-refractivity contribution in [3.63, 3.8) is 0 Å². The molecule has 2 unspecified atom stereocenters. The van der Waals surface area contributed by atoms with Crippen LogP contribution in [-0.4, -0.2) is 20.4 Å². The minimum atomic E-state index is -2.69. The quantitative estimate of drug-likeness (QED) is 0.255. The van der Waals surface area contributed by atoms with Crippen LogP contribution in [0.4, 0.5) is 0 Å². The molecule has 0 spiro atoms. The van der Waals surface area contributed by atoms with Gasteiger partial charge in [0.2, 0.25) is 0 Å². The predicted octanol–water partition coefficient (Wildman–Crippen LogP) is -3.96. The first-order chi connectivity index (χ1) is 11.6. The summed E-state index contributed by atoms with van der Waals surface area (Å²) in [6, 6.07) is 15.4. The molecule has 0 amide bonds. The van der Waals surface area contributed by atoms with Crippen LogP contribution in [0.5, 0.6) is 0 Å². The topological polar surface area (TPSA) is 105 Å². The molecule has 130 valence electrons. The van der Waals surface area contributed by atoms with E-state index in [9.17, 15) is 18.0 Å². The molecule has 26 heavy (non-hydrogen) atoms. The molecule has 0 aliphatic carbocycles. The minimum absolute atomic E-state index is 0. The van der Waals surface area contributed by atoms with E-state index >= 15 is 0 Å². The van der Waals surface area contributed by atoms with Gasteiger partial charge in [-0.05, 0) is 24.3 Å². The Kier molecular flexibility index (Phi) is 13.5. The maximum Gasteiger partial charge on any atom is 1.00 e. The summed E-state index contributed by atoms with van der Waals surface area (Å²) < 4.78 is 39.6. The Bertz CT molecular complexity index is 703. The molecule has 8 nitrogen and oxygen atoms in total. The van der Waals surface area contributed by atoms with E-state index in [1.807, 2.05) is 0 Å². The molecule has 0 aliphatic heterocycles. The second-order valence-electron chi connectivity index (χ2n) is 4.02. The average Bonchev–Trinajstić information content (AvgIpc) is 2.61. The monoisotopic (exact) mass is 418 g/mol. The number of carbonyl (C=O) groups excluding carboxylic acids is 2. The first-order valence-corrected chi connectivity index (χ1v) is 8.30. The summed E-state index contributed by atoms with van der Waals surface area (Å²) in [6.45, 7) is 0. The second-order valence-corrected chi connectivity index (χ2v) is 5.44. The fourth-order valence-electron chi connectivity index (χ4n) is 1.44. The van der Waals surface area contributed by atoms with Gasteiger partial charge in [0.25, 0.3) is 0 Å². The van der Waals surface area contributed by atoms with Gasteiger partial charge < -0.3 is 11.2 Å². The number of carbonyl (C=O) groups is 2. The Morgan fingerprint density at radius 3 is 1.27 bits per heavy atom. The van der Waals surface area contributed by atoms with Crippen LogP contribution in [0, 0.1) is 0 Å². The van der Waals surface area contributed by atoms with Gasteiger partial charge in [0.15, 0.2) is 0 Å². The summed E-state index contributed by atoms with van der Waals surface area (Å²) >= 11 is -5.37. The van der Waals surface area contributed by atoms with Gasteiger partial charge in [0.1, 0.15) is 0 Å². The van der Waals surface area contributed by atoms with Gasteiger partial charge in [-0.3, -0.25) is 0 Å². The van der Waals surface area contributed by atoms with Crippen molar-refractivity contribution in [2.75, 3.05) is 0 Å². The molecule has 2 atom stereocenters. The van der Waals surface area contributed by atoms with Gasteiger partial charge in [-0.1, -0.05) is 45.1 Å². The smallest absolute Gasteiger partial charge is 1.00 e. The van der Waals surface area contributed by atoms with Crippen molar-refractivity contribution in [2.24, 2.45) is 0 Å². The molecule has 0 saturated heterocycles. The Hall–Kier alpha value is -0.400. The molecule has 12 heteroatoms. The number of benzene rings is 2. The third-order valence-corrected chi connectivity index (χ3v) is 3.46. The minimum Gasteiger partial charge on any atom is -1.00 e. The summed E-state index contributed by atoms with van der Waals surface area (Å²) in [5, 5.41) is 0. The van der Waals surface area contributed by atoms with E-state index in [1.54, 1.807) is 36.4 Å². The van der Waals surface area contributed by atoms with E-state index in [2.05, 4.69) is 17.0 Å². The van der Waals surface area contributed by atoms with Crippen LogP contribution in [0.15, 0.2) is 60.7 Å². The van der Waals surface area contributed by atoms with Crippen molar-refractivity contribution in [1.29, 1.82) is 0 Å². The standard InChI is InChI=1S/C14H10O8S2.2Na.2H/c15-13(11-7-3-1-4-8-11)19-23(17)21-22-24(18)20-14(16)12-9-5-2-6-10-12;;;;/h1-10H;;;;/q;2*+1;2*-1. The molecular formula is C14H12Na2O8S2. The summed E-state index contributed by atoms with van der Waals surface area (Å²) in [4.78, 5) is 23.1. The van der Waals surface area contributed by atoms with Crippen molar-refractivity contribution < 1.29 is 97.0 Å². The molecule has 0 bridgehead atoms. The van der Waals surface area contributed by atoms with E-state index in [1.165, 1.54) is 24.3 Å². The molecule has 2 aromatic carbocycles. The number of hydrogen-bond donors (Lipinski definition) is 0. The third-order valence-electron chi connectivity index (χ3n) is 2.45. The Labute approximate surface area is 201 Å². The Morgan fingerprint density at radius 2 is 0.962 bits per heavy atom. The van der Waals surface area contributed by atoms with Gasteiger partial charge >= 0.3 is 93.8 Å². The van der Waals surface area contributed by atoms with E-state index in [4.69, 9.17) is 0 Å². The van der Waals surface area contributed by atoms with Crippen molar-refractivity contribution in [3.8, 4) is 0 Å². The largest absolute Gasteiger partial charge is 1.00 e. The summed E-state index contributed by atoms with van der Waals surface area (Å²) in [5.74, 6) is -1.88. The van der Waals surface area contributed by atoms with Gasteiger partial charge in [-0.2, -0.15) is 8.42 Å². The first kappa shape index (κ1) is 25.6. The van der Waals surface area contributed by atoms with Crippen LogP contribution >= 0.6 is 0 Å². The second kappa shape index (κ2) is 13.7. The zero-order chi connectivity index (χ0) is 17.4. The molecule has 0 saturated carbocycles. The molecule has 0 aromatic heterocycles. The van der Waals surface area contributed by atoms with E-state index in [-0.39, 0.29) is 73.1 Å². The molecule has 0 aliphatic rings. The Morgan fingerprint density at radius 1 is 0.654 bits per heavy atom. The van der Waals surface area contributed by atoms with Gasteiger partial charge in [-0.15, -0.1) is 0 Å². The van der Waals surface area contributed by atoms with E-state index in [0.29, 0.717) is 0 Å². The van der Waals surface area contributed by atoms with Crippen LogP contribution in [0.1, 0.15) is 23.6 Å². The maximum absolute atomic E-state index is 11.6. The average molecular weight is 418 g/mol. The van der Waals surface area contributed by atoms with Crippen LogP contribution in [-0.2, 0) is 39.8 Å². The molecule has 0 N–H and O–H groups in total. The number of hydrogen-bond acceptors (Lipinski definition) is 8. The van der Waals surface area contributed by atoms with Crippen molar-refractivity contribution in [2.45, 2.75) is 0 Å². The summed E-state index contributed by atoms with van der Waals surface area (Å²) in [7, 11) is 0. The normalized spacial score (nSPS) is 11.8. The molecule has 0 heterocycles. The van der Waals surface area contributed by atoms with Crippen molar-refractivity contribution in [3.05, 3.63) is 71.8 Å². The summed E-state index contributed by atoms with van der Waals surface area (Å²) in [5.41, 5.74) is 0.261. The molecule has 0 radical (unpaired) electrons. The molecule has 2 rings (SSSR count). The number of rotatable bonds is 7. The molecular weight excluding hydrogens is 406 g/mol. The Balaban J connectivity index is -0.00000156. The van der Waals surface area contributed by atoms with Crippen molar-refractivity contribution in [1.82, 2.24) is 0 Å². The van der Waals surface area contributed by atoms with Crippen LogP contribution in [0.3, 0.4) is 0 Å². The van der Waals surface area contributed by atoms with E-state index in [0.717, 1.165) is 0 Å². The van der Waals surface area contributed by atoms with Gasteiger partial charge in [0.05, 0.1) is 11.1 Å². The zero-order valence-electron chi connectivity index (χ0n) is 15.9. The fourth-order valence-corrected chi connectivity index (χ4v) is 2.30. The summed E-state index contributed by atoms with van der Waals surface area (Å²) in [6.07, 6.45) is 0. The molecule has 2 aromatic rings. The SMILES string of the molecule is O=C(OS(=O)OOS(=O)OC(=O)c1ccccc1)c1ccccc1.[H-].[H-].[Na+].[Na+]. The zero-order valence-corrected chi connectivity index (χ0v) is 19.5. The van der Waals surface area contributed by atoms with Crippen molar-refractivity contribution >= 4 is 34.7 Å². The van der Waals surface area contributed by atoms with Gasteiger partial charge in [0, 0.05) is 0 Å². The first-order valence-electron chi connectivity index (χ1n) is 6.30. The maximum atomic E-state index is 11.6. The van der Waals surface area contributed by atoms with Crippen LogP contribution in [0.25, 0.3) is 0 Å². The van der Waals surface area contributed by atoms with Crippen LogP contribution in [0.2, 0.25) is 0 Å².